The highest BCUT2D eigenvalue weighted by Gasteiger charge is 2.29. The number of hydrogen-bond donors (Lipinski definition) is 1. The maximum absolute atomic E-state index is 5.62. The molecule has 3 nitrogen and oxygen atoms in total. The molecular formula is C16H33N3. The molecule has 2 unspecified atom stereocenters. The van der Waals surface area contributed by atoms with Gasteiger partial charge in [0.1, 0.15) is 0 Å². The summed E-state index contributed by atoms with van der Waals surface area (Å²) in [4.78, 5) is 5.40. The molecule has 2 aliphatic rings. The Morgan fingerprint density at radius 1 is 0.947 bits per heavy atom. The zero-order valence-electron chi connectivity index (χ0n) is 13.0. The third-order valence-corrected chi connectivity index (χ3v) is 4.97. The van der Waals surface area contributed by atoms with Gasteiger partial charge in [0, 0.05) is 19.1 Å². The fraction of sp³-hybridized carbons (Fsp3) is 1.00. The van der Waals surface area contributed by atoms with E-state index in [2.05, 4.69) is 23.6 Å². The first-order chi connectivity index (χ1) is 9.19. The van der Waals surface area contributed by atoms with E-state index >= 15 is 0 Å². The van der Waals surface area contributed by atoms with Gasteiger partial charge in [-0.3, -0.25) is 4.90 Å². The van der Waals surface area contributed by atoms with Crippen LogP contribution in [0.5, 0.6) is 0 Å². The van der Waals surface area contributed by atoms with E-state index in [1.165, 1.54) is 58.4 Å². The second kappa shape index (κ2) is 7.61. The first kappa shape index (κ1) is 15.3. The average Bonchev–Trinajstić information content (AvgIpc) is 2.60. The molecule has 3 heteroatoms. The number of nitrogens with two attached hydrogens (primary N) is 1. The first-order valence-electron chi connectivity index (χ1n) is 8.35. The van der Waals surface area contributed by atoms with Crippen LogP contribution < -0.4 is 5.73 Å². The lowest BCUT2D eigenvalue weighted by molar-refractivity contribution is 0.112. The van der Waals surface area contributed by atoms with Crippen LogP contribution in [-0.2, 0) is 0 Å². The summed E-state index contributed by atoms with van der Waals surface area (Å²) >= 11 is 0. The van der Waals surface area contributed by atoms with Crippen molar-refractivity contribution in [3.8, 4) is 0 Å². The summed E-state index contributed by atoms with van der Waals surface area (Å²) in [7, 11) is 0. The number of nitrogens with zero attached hydrogens (tertiary/aromatic N) is 2. The monoisotopic (exact) mass is 267 g/mol. The molecule has 0 bridgehead atoms. The van der Waals surface area contributed by atoms with Crippen LogP contribution >= 0.6 is 0 Å². The van der Waals surface area contributed by atoms with Gasteiger partial charge in [0.2, 0.25) is 0 Å². The van der Waals surface area contributed by atoms with Crippen LogP contribution in [0.2, 0.25) is 0 Å². The van der Waals surface area contributed by atoms with Crippen LogP contribution in [0, 0.1) is 11.8 Å². The van der Waals surface area contributed by atoms with Crippen LogP contribution in [0.25, 0.3) is 0 Å². The van der Waals surface area contributed by atoms with E-state index in [0.29, 0.717) is 0 Å². The van der Waals surface area contributed by atoms with Crippen molar-refractivity contribution in [1.29, 1.82) is 0 Å². The minimum Gasteiger partial charge on any atom is -0.330 e. The Balaban J connectivity index is 1.81. The quantitative estimate of drug-likeness (QED) is 0.847. The summed E-state index contributed by atoms with van der Waals surface area (Å²) < 4.78 is 0. The van der Waals surface area contributed by atoms with Crippen molar-refractivity contribution < 1.29 is 0 Å². The molecule has 0 aromatic heterocycles. The standard InChI is InChI=1S/C16H33N3/c1-14-11-15(2)13-16(12-14)19-8-4-7-18(9-10-19)6-3-5-17/h14-16H,3-13,17H2,1-2H3. The average molecular weight is 267 g/mol. The maximum Gasteiger partial charge on any atom is 0.0112 e. The third kappa shape index (κ3) is 4.73. The normalized spacial score (nSPS) is 35.2. The Hall–Kier alpha value is -0.120. The minimum atomic E-state index is 0.831. The second-order valence-electron chi connectivity index (χ2n) is 6.94. The van der Waals surface area contributed by atoms with Crippen LogP contribution in [-0.4, -0.2) is 55.1 Å². The summed E-state index contributed by atoms with van der Waals surface area (Å²) in [5.74, 6) is 1.84. The Morgan fingerprint density at radius 2 is 1.68 bits per heavy atom. The zero-order chi connectivity index (χ0) is 13.7. The van der Waals surface area contributed by atoms with Crippen molar-refractivity contribution in [2.45, 2.75) is 52.0 Å². The van der Waals surface area contributed by atoms with Gasteiger partial charge in [0.05, 0.1) is 0 Å². The lowest BCUT2D eigenvalue weighted by atomic mass is 9.80. The molecule has 1 heterocycles. The maximum atomic E-state index is 5.62. The lowest BCUT2D eigenvalue weighted by Gasteiger charge is -2.38. The fourth-order valence-corrected chi connectivity index (χ4v) is 4.10. The van der Waals surface area contributed by atoms with E-state index in [1.54, 1.807) is 0 Å². The van der Waals surface area contributed by atoms with E-state index in [9.17, 15) is 0 Å². The molecule has 0 aromatic rings. The lowest BCUT2D eigenvalue weighted by Crippen LogP contribution is -2.42. The Bertz CT molecular complexity index is 246. The van der Waals surface area contributed by atoms with Crippen molar-refractivity contribution in [2.75, 3.05) is 39.3 Å². The van der Waals surface area contributed by atoms with Crippen LogP contribution in [0.3, 0.4) is 0 Å². The van der Waals surface area contributed by atoms with E-state index < -0.39 is 0 Å². The van der Waals surface area contributed by atoms with E-state index in [-0.39, 0.29) is 0 Å². The van der Waals surface area contributed by atoms with Gasteiger partial charge in [-0.1, -0.05) is 13.8 Å². The summed E-state index contributed by atoms with van der Waals surface area (Å²) in [6, 6.07) is 0.855. The first-order valence-corrected chi connectivity index (χ1v) is 8.35. The van der Waals surface area contributed by atoms with Crippen molar-refractivity contribution in [3.63, 3.8) is 0 Å². The molecule has 1 aliphatic carbocycles. The summed E-state index contributed by atoms with van der Waals surface area (Å²) in [5.41, 5.74) is 5.62. The van der Waals surface area contributed by atoms with Crippen LogP contribution in [0.1, 0.15) is 46.0 Å². The molecule has 112 valence electrons. The highest BCUT2D eigenvalue weighted by atomic mass is 15.2. The van der Waals surface area contributed by atoms with E-state index in [0.717, 1.165) is 30.8 Å². The Labute approximate surface area is 119 Å². The molecule has 0 aromatic carbocycles. The molecule has 1 aliphatic heterocycles. The zero-order valence-corrected chi connectivity index (χ0v) is 13.0. The van der Waals surface area contributed by atoms with Gasteiger partial charge in [-0.25, -0.2) is 0 Å². The molecule has 19 heavy (non-hydrogen) atoms. The van der Waals surface area contributed by atoms with Gasteiger partial charge in [-0.15, -0.1) is 0 Å². The van der Waals surface area contributed by atoms with E-state index in [1.807, 2.05) is 0 Å². The van der Waals surface area contributed by atoms with E-state index in [4.69, 9.17) is 5.73 Å². The summed E-state index contributed by atoms with van der Waals surface area (Å²) in [6.45, 7) is 12.0. The Morgan fingerprint density at radius 3 is 2.37 bits per heavy atom. The molecule has 0 spiro atoms. The van der Waals surface area contributed by atoms with Gasteiger partial charge >= 0.3 is 0 Å². The molecule has 2 rings (SSSR count). The molecule has 1 saturated carbocycles. The molecule has 2 fully saturated rings. The van der Waals surface area contributed by atoms with Crippen molar-refractivity contribution in [3.05, 3.63) is 0 Å². The third-order valence-electron chi connectivity index (χ3n) is 4.97. The summed E-state index contributed by atoms with van der Waals surface area (Å²) in [6.07, 6.45) is 6.77. The largest absolute Gasteiger partial charge is 0.330 e. The van der Waals surface area contributed by atoms with Gasteiger partial charge in [0.25, 0.3) is 0 Å². The predicted octanol–water partition coefficient (Wildman–Crippen LogP) is 2.17. The molecule has 2 atom stereocenters. The molecule has 2 N–H and O–H groups in total. The van der Waals surface area contributed by atoms with Crippen LogP contribution in [0.4, 0.5) is 0 Å². The Kier molecular flexibility index (Phi) is 6.11. The highest BCUT2D eigenvalue weighted by Crippen LogP contribution is 2.31. The number of hydrogen-bond acceptors (Lipinski definition) is 3. The smallest absolute Gasteiger partial charge is 0.0112 e. The fourth-order valence-electron chi connectivity index (χ4n) is 4.10. The SMILES string of the molecule is CC1CC(C)CC(N2CCCN(CCCN)CC2)C1. The number of rotatable bonds is 4. The topological polar surface area (TPSA) is 32.5 Å². The summed E-state index contributed by atoms with van der Waals surface area (Å²) in [5, 5.41) is 0. The van der Waals surface area contributed by atoms with Gasteiger partial charge in [-0.2, -0.15) is 0 Å². The molecular weight excluding hydrogens is 234 g/mol. The van der Waals surface area contributed by atoms with Gasteiger partial charge < -0.3 is 10.6 Å². The predicted molar refractivity (Wildman–Crippen MR) is 82.3 cm³/mol. The van der Waals surface area contributed by atoms with Gasteiger partial charge in [0.15, 0.2) is 0 Å². The second-order valence-corrected chi connectivity index (χ2v) is 6.94. The van der Waals surface area contributed by atoms with Gasteiger partial charge in [-0.05, 0) is 70.1 Å². The van der Waals surface area contributed by atoms with Crippen molar-refractivity contribution in [2.24, 2.45) is 17.6 Å². The highest BCUT2D eigenvalue weighted by molar-refractivity contribution is 4.84. The molecule has 0 radical (unpaired) electrons. The molecule has 0 amide bonds. The van der Waals surface area contributed by atoms with Crippen molar-refractivity contribution >= 4 is 0 Å². The molecule has 1 saturated heterocycles. The van der Waals surface area contributed by atoms with Crippen LogP contribution in [0.15, 0.2) is 0 Å². The van der Waals surface area contributed by atoms with Crippen molar-refractivity contribution in [1.82, 2.24) is 9.80 Å². The minimum absolute atomic E-state index is 0.831.